The van der Waals surface area contributed by atoms with Gasteiger partial charge in [0.05, 0.1) is 29.7 Å². The van der Waals surface area contributed by atoms with Crippen molar-refractivity contribution >= 4 is 44.8 Å². The highest BCUT2D eigenvalue weighted by atomic mass is 35.5. The van der Waals surface area contributed by atoms with Gasteiger partial charge in [-0.1, -0.05) is 29.3 Å². The maximum absolute atomic E-state index is 14.2. The lowest BCUT2D eigenvalue weighted by atomic mass is 10.1. The molecule has 0 bridgehead atoms. The quantitative estimate of drug-likeness (QED) is 0.763. The van der Waals surface area contributed by atoms with Crippen LogP contribution in [0.1, 0.15) is 5.56 Å². The molecule has 0 saturated carbocycles. The highest BCUT2D eigenvalue weighted by Crippen LogP contribution is 2.25. The summed E-state index contributed by atoms with van der Waals surface area (Å²) in [5, 5.41) is 3.28. The third kappa shape index (κ3) is 4.82. The van der Waals surface area contributed by atoms with E-state index in [0.717, 1.165) is 16.4 Å². The number of nitrogens with one attached hydrogen (secondary N) is 1. The minimum absolute atomic E-state index is 0.000186. The molecule has 0 aromatic heterocycles. The molecule has 1 amide bonds. The summed E-state index contributed by atoms with van der Waals surface area (Å²) in [6.45, 7) is 0.799. The van der Waals surface area contributed by atoms with Crippen LogP contribution in [0.2, 0.25) is 10.0 Å². The SMILES string of the molecule is O=C(Cc1ccc(Cl)c(Cl)c1)Nc1ccc(F)c(S(=O)(=O)N2CCOCC2)c1. The lowest BCUT2D eigenvalue weighted by Gasteiger charge is -2.26. The first-order valence-electron chi connectivity index (χ1n) is 8.38. The molecule has 2 aromatic carbocycles. The summed E-state index contributed by atoms with van der Waals surface area (Å²) in [6.07, 6.45) is -0.000186. The molecule has 0 radical (unpaired) electrons. The van der Waals surface area contributed by atoms with Gasteiger partial charge in [0, 0.05) is 18.8 Å². The standard InChI is InChI=1S/C18H17Cl2FN2O4S/c19-14-3-1-12(9-15(14)20)10-18(24)22-13-2-4-16(21)17(11-13)28(25,26)23-5-7-27-8-6-23/h1-4,9,11H,5-8,10H2,(H,22,24). The zero-order valence-electron chi connectivity index (χ0n) is 14.6. The Balaban J connectivity index is 1.77. The fourth-order valence-corrected chi connectivity index (χ4v) is 4.56. The first kappa shape index (κ1) is 21.0. The van der Waals surface area contributed by atoms with Crippen molar-refractivity contribution in [3.63, 3.8) is 0 Å². The number of hydrogen-bond acceptors (Lipinski definition) is 4. The summed E-state index contributed by atoms with van der Waals surface area (Å²) in [4.78, 5) is 11.8. The number of benzene rings is 2. The predicted molar refractivity (Wildman–Crippen MR) is 105 cm³/mol. The van der Waals surface area contributed by atoms with E-state index in [1.165, 1.54) is 6.07 Å². The molecule has 2 aromatic rings. The van der Waals surface area contributed by atoms with Gasteiger partial charge in [-0.05, 0) is 35.9 Å². The van der Waals surface area contributed by atoms with Gasteiger partial charge < -0.3 is 10.1 Å². The number of morpholine rings is 1. The Morgan fingerprint density at radius 3 is 2.50 bits per heavy atom. The molecule has 0 spiro atoms. The zero-order chi connectivity index (χ0) is 20.3. The third-order valence-corrected chi connectivity index (χ3v) is 6.80. The van der Waals surface area contributed by atoms with Gasteiger partial charge >= 0.3 is 0 Å². The van der Waals surface area contributed by atoms with Crippen molar-refractivity contribution in [2.24, 2.45) is 0 Å². The summed E-state index contributed by atoms with van der Waals surface area (Å²) < 4.78 is 45.9. The van der Waals surface area contributed by atoms with Gasteiger partial charge in [0.15, 0.2) is 0 Å². The van der Waals surface area contributed by atoms with Gasteiger partial charge in [0.1, 0.15) is 10.7 Å². The van der Waals surface area contributed by atoms with E-state index in [-0.39, 0.29) is 38.4 Å². The molecule has 1 saturated heterocycles. The minimum Gasteiger partial charge on any atom is -0.379 e. The number of rotatable bonds is 5. The molecule has 0 aliphatic carbocycles. The molecule has 10 heteroatoms. The molecule has 1 aliphatic rings. The van der Waals surface area contributed by atoms with E-state index in [9.17, 15) is 17.6 Å². The molecule has 1 aliphatic heterocycles. The fourth-order valence-electron chi connectivity index (χ4n) is 2.75. The number of sulfonamides is 1. The largest absolute Gasteiger partial charge is 0.379 e. The number of halogens is 3. The van der Waals surface area contributed by atoms with Crippen LogP contribution in [0.4, 0.5) is 10.1 Å². The number of amides is 1. The van der Waals surface area contributed by atoms with Crippen molar-refractivity contribution in [3.8, 4) is 0 Å². The van der Waals surface area contributed by atoms with Crippen LogP contribution in [0.15, 0.2) is 41.3 Å². The lowest BCUT2D eigenvalue weighted by Crippen LogP contribution is -2.40. The molecule has 6 nitrogen and oxygen atoms in total. The van der Waals surface area contributed by atoms with Crippen molar-refractivity contribution in [1.82, 2.24) is 4.31 Å². The van der Waals surface area contributed by atoms with Gasteiger partial charge in [0.2, 0.25) is 15.9 Å². The average molecular weight is 447 g/mol. The van der Waals surface area contributed by atoms with E-state index < -0.39 is 26.6 Å². The van der Waals surface area contributed by atoms with Crippen LogP contribution >= 0.6 is 23.2 Å². The van der Waals surface area contributed by atoms with Crippen molar-refractivity contribution in [1.29, 1.82) is 0 Å². The second kappa shape index (κ2) is 8.75. The van der Waals surface area contributed by atoms with Gasteiger partial charge in [-0.15, -0.1) is 0 Å². The van der Waals surface area contributed by atoms with Crippen LogP contribution in [0.3, 0.4) is 0 Å². The normalized spacial score (nSPS) is 15.4. The molecule has 1 N–H and O–H groups in total. The lowest BCUT2D eigenvalue weighted by molar-refractivity contribution is -0.115. The Morgan fingerprint density at radius 1 is 1.11 bits per heavy atom. The van der Waals surface area contributed by atoms with Crippen molar-refractivity contribution in [3.05, 3.63) is 57.8 Å². The first-order chi connectivity index (χ1) is 13.3. The molecular formula is C18H17Cl2FN2O4S. The smallest absolute Gasteiger partial charge is 0.246 e. The van der Waals surface area contributed by atoms with Crippen LogP contribution in [-0.4, -0.2) is 44.9 Å². The molecule has 1 heterocycles. The summed E-state index contributed by atoms with van der Waals surface area (Å²) in [6, 6.07) is 8.25. The number of nitrogens with zero attached hydrogens (tertiary/aromatic N) is 1. The Hall–Kier alpha value is -1.71. The number of carbonyl (C=O) groups excluding carboxylic acids is 1. The number of carbonyl (C=O) groups is 1. The molecule has 1 fully saturated rings. The van der Waals surface area contributed by atoms with Crippen LogP contribution in [0, 0.1) is 5.82 Å². The van der Waals surface area contributed by atoms with Gasteiger partial charge in [-0.2, -0.15) is 4.31 Å². The Labute approximate surface area is 172 Å². The van der Waals surface area contributed by atoms with E-state index in [1.807, 2.05) is 0 Å². The highest BCUT2D eigenvalue weighted by molar-refractivity contribution is 7.89. The van der Waals surface area contributed by atoms with E-state index in [1.54, 1.807) is 18.2 Å². The van der Waals surface area contributed by atoms with E-state index >= 15 is 0 Å². The van der Waals surface area contributed by atoms with Crippen molar-refractivity contribution in [2.75, 3.05) is 31.6 Å². The van der Waals surface area contributed by atoms with Crippen LogP contribution in [-0.2, 0) is 26.0 Å². The number of anilines is 1. The molecule has 0 atom stereocenters. The Kier molecular flexibility index (Phi) is 6.57. The topological polar surface area (TPSA) is 75.7 Å². The van der Waals surface area contributed by atoms with Crippen molar-refractivity contribution < 1.29 is 22.3 Å². The number of ether oxygens (including phenoxy) is 1. The third-order valence-electron chi connectivity index (χ3n) is 4.15. The molecule has 28 heavy (non-hydrogen) atoms. The summed E-state index contributed by atoms with van der Waals surface area (Å²) in [5.74, 6) is -1.28. The average Bonchev–Trinajstić information content (AvgIpc) is 2.67. The van der Waals surface area contributed by atoms with Crippen LogP contribution in [0.25, 0.3) is 0 Å². The minimum atomic E-state index is -4.03. The maximum Gasteiger partial charge on any atom is 0.246 e. The van der Waals surface area contributed by atoms with Crippen LogP contribution < -0.4 is 5.32 Å². The number of hydrogen-bond donors (Lipinski definition) is 1. The molecule has 0 unspecified atom stereocenters. The molecule has 3 rings (SSSR count). The predicted octanol–water partition coefficient (Wildman–Crippen LogP) is 3.33. The van der Waals surface area contributed by atoms with Crippen LogP contribution in [0.5, 0.6) is 0 Å². The maximum atomic E-state index is 14.2. The van der Waals surface area contributed by atoms with E-state index in [0.29, 0.717) is 15.6 Å². The summed E-state index contributed by atoms with van der Waals surface area (Å²) >= 11 is 11.8. The molecular weight excluding hydrogens is 430 g/mol. The monoisotopic (exact) mass is 446 g/mol. The van der Waals surface area contributed by atoms with Gasteiger partial charge in [-0.25, -0.2) is 12.8 Å². The second-order valence-corrected chi connectivity index (χ2v) is 8.86. The molecule has 150 valence electrons. The first-order valence-corrected chi connectivity index (χ1v) is 10.6. The zero-order valence-corrected chi connectivity index (χ0v) is 17.0. The highest BCUT2D eigenvalue weighted by Gasteiger charge is 2.29. The van der Waals surface area contributed by atoms with Gasteiger partial charge in [0.25, 0.3) is 0 Å². The van der Waals surface area contributed by atoms with Crippen molar-refractivity contribution in [2.45, 2.75) is 11.3 Å². The Morgan fingerprint density at radius 2 is 1.82 bits per heavy atom. The Bertz CT molecular complexity index is 995. The van der Waals surface area contributed by atoms with E-state index in [2.05, 4.69) is 5.32 Å². The van der Waals surface area contributed by atoms with E-state index in [4.69, 9.17) is 27.9 Å². The summed E-state index contributed by atoms with van der Waals surface area (Å²) in [5.41, 5.74) is 0.813. The summed E-state index contributed by atoms with van der Waals surface area (Å²) in [7, 11) is -4.03. The second-order valence-electron chi connectivity index (χ2n) is 6.14. The van der Waals surface area contributed by atoms with Gasteiger partial charge in [-0.3, -0.25) is 4.79 Å². The fraction of sp³-hybridized carbons (Fsp3) is 0.278.